The van der Waals surface area contributed by atoms with E-state index >= 15 is 0 Å². The Kier molecular flexibility index (Phi) is 3.84. The Balaban J connectivity index is 1.14. The molecular formula is C53H34O. The van der Waals surface area contributed by atoms with Gasteiger partial charge in [0.25, 0.3) is 0 Å². The summed E-state index contributed by atoms with van der Waals surface area (Å²) in [5.74, 6) is 0. The van der Waals surface area contributed by atoms with Crippen LogP contribution < -0.4 is 0 Å². The third kappa shape index (κ3) is 5.09. The summed E-state index contributed by atoms with van der Waals surface area (Å²) in [5, 5.41) is 1.41. The molecule has 0 saturated heterocycles. The van der Waals surface area contributed by atoms with Gasteiger partial charge in [0.1, 0.15) is 11.2 Å². The maximum Gasteiger partial charge on any atom is 0.135 e. The Labute approximate surface area is 341 Å². The molecule has 252 valence electrons. The molecule has 11 aromatic rings. The minimum atomic E-state index is -0.677. The van der Waals surface area contributed by atoms with E-state index in [-0.39, 0.29) is 66.7 Å². The highest BCUT2D eigenvalue weighted by molar-refractivity contribution is 6.16. The largest absolute Gasteiger partial charge is 0.456 e. The zero-order chi connectivity index (χ0) is 53.0. The van der Waals surface area contributed by atoms with Crippen molar-refractivity contribution < 1.29 is 31.8 Å². The third-order valence-electron chi connectivity index (χ3n) is 9.85. The molecule has 0 atom stereocenters. The highest BCUT2D eigenvalue weighted by Gasteiger charge is 2.17. The van der Waals surface area contributed by atoms with E-state index in [4.69, 9.17) is 25.0 Å². The molecule has 11 rings (SSSR count). The lowest BCUT2D eigenvalue weighted by atomic mass is 9.85. The van der Waals surface area contributed by atoms with Crippen LogP contribution in [0.4, 0.5) is 0 Å². The summed E-state index contributed by atoms with van der Waals surface area (Å²) in [4.78, 5) is 0. The van der Waals surface area contributed by atoms with Gasteiger partial charge in [-0.05, 0) is 130 Å². The molecule has 0 spiro atoms. The zero-order valence-electron chi connectivity index (χ0n) is 48.0. The number of fused-ring (bicyclic) bond motifs is 7. The Morgan fingerprint density at radius 1 is 0.370 bits per heavy atom. The second-order valence-corrected chi connectivity index (χ2v) is 12.9. The summed E-state index contributed by atoms with van der Waals surface area (Å²) in [5.41, 5.74) is 2.96. The second-order valence-electron chi connectivity index (χ2n) is 12.9. The van der Waals surface area contributed by atoms with E-state index in [1.54, 1.807) is 42.5 Å². The van der Waals surface area contributed by atoms with Gasteiger partial charge in [-0.15, -0.1) is 0 Å². The van der Waals surface area contributed by atoms with Gasteiger partial charge < -0.3 is 4.42 Å². The Morgan fingerprint density at radius 2 is 0.907 bits per heavy atom. The normalized spacial score (nSPS) is 17.0. The van der Waals surface area contributed by atoms with Crippen LogP contribution >= 0.6 is 0 Å². The van der Waals surface area contributed by atoms with Gasteiger partial charge in [-0.1, -0.05) is 157 Å². The van der Waals surface area contributed by atoms with Crippen molar-refractivity contribution in [2.75, 3.05) is 0 Å². The molecule has 0 bridgehead atoms. The van der Waals surface area contributed by atoms with E-state index in [0.29, 0.717) is 38.5 Å². The molecule has 0 radical (unpaired) electrons. The first-order chi connectivity index (χ1) is 35.0. The van der Waals surface area contributed by atoms with Crippen LogP contribution in [0.1, 0.15) is 38.5 Å². The Hall–Kier alpha value is -6.96. The average molecular weight is 707 g/mol. The van der Waals surface area contributed by atoms with E-state index in [1.165, 1.54) is 0 Å². The molecule has 0 amide bonds. The summed E-state index contributed by atoms with van der Waals surface area (Å²) in [6.45, 7) is 0. The zero-order valence-corrected chi connectivity index (χ0v) is 28.0. The first-order valence-corrected chi connectivity index (χ1v) is 17.1. The fraction of sp³-hybridized carbons (Fsp3) is 0.0189. The Morgan fingerprint density at radius 3 is 1.61 bits per heavy atom. The number of rotatable bonds is 5. The summed E-state index contributed by atoms with van der Waals surface area (Å²) < 4.78 is 182. The molecule has 0 aliphatic heterocycles. The van der Waals surface area contributed by atoms with Crippen molar-refractivity contribution in [1.29, 1.82) is 0 Å². The molecular weight excluding hydrogens is 653 g/mol. The number of benzene rings is 10. The van der Waals surface area contributed by atoms with Crippen LogP contribution in [0.15, 0.2) is 198 Å². The van der Waals surface area contributed by atoms with Crippen LogP contribution in [-0.4, -0.2) is 0 Å². The standard InChI is InChI=1S/C53H34O/c1-2-10-35(11-3-1)40-24-26-51-49(32-40)50-33-41(25-27-52(50)54-51)39-22-20-37-21-23-42(31-43(37)30-39)53-46-16-8-6-14-44(46)48(45-15-7-9-17-47(45)53)29-34-18-19-36-12-4-5-13-38(36)28-34/h1-28,30-33H,29H2/i1D,2D,3D,4D,5D,6D,7D,8D,9D,10D,11D,12D,13D,14D,15D,16D,17D,18D,19D,28D. The van der Waals surface area contributed by atoms with Crippen molar-refractivity contribution in [1.82, 2.24) is 0 Å². The van der Waals surface area contributed by atoms with Crippen molar-refractivity contribution in [2.24, 2.45) is 0 Å². The molecule has 0 unspecified atom stereocenters. The molecule has 1 nitrogen and oxygen atoms in total. The van der Waals surface area contributed by atoms with Gasteiger partial charge in [0.05, 0.1) is 27.4 Å². The molecule has 54 heavy (non-hydrogen) atoms. The van der Waals surface area contributed by atoms with Crippen molar-refractivity contribution in [3.63, 3.8) is 0 Å². The van der Waals surface area contributed by atoms with Gasteiger partial charge in [-0.3, -0.25) is 0 Å². The second kappa shape index (κ2) is 12.3. The highest BCUT2D eigenvalue weighted by Crippen LogP contribution is 2.42. The van der Waals surface area contributed by atoms with E-state index in [1.807, 2.05) is 30.3 Å². The summed E-state index contributed by atoms with van der Waals surface area (Å²) in [7, 11) is 0. The first kappa shape index (κ1) is 16.8. The monoisotopic (exact) mass is 706 g/mol. The van der Waals surface area contributed by atoms with Gasteiger partial charge in [-0.2, -0.15) is 0 Å². The third-order valence-corrected chi connectivity index (χ3v) is 9.85. The van der Waals surface area contributed by atoms with Crippen LogP contribution in [0, 0.1) is 0 Å². The molecule has 1 heterocycles. The maximum absolute atomic E-state index is 9.42. The highest BCUT2D eigenvalue weighted by atomic mass is 16.3. The first-order valence-electron chi connectivity index (χ1n) is 27.1. The van der Waals surface area contributed by atoms with Gasteiger partial charge in [0.15, 0.2) is 0 Å². The van der Waals surface area contributed by atoms with Crippen molar-refractivity contribution in [3.8, 4) is 33.4 Å². The molecule has 1 aromatic heterocycles. The van der Waals surface area contributed by atoms with Crippen molar-refractivity contribution in [3.05, 3.63) is 205 Å². The van der Waals surface area contributed by atoms with Crippen LogP contribution in [0.25, 0.3) is 98.4 Å². The van der Waals surface area contributed by atoms with Crippen LogP contribution in [0.3, 0.4) is 0 Å². The Bertz CT molecular complexity index is 4300. The predicted molar refractivity (Wildman–Crippen MR) is 229 cm³/mol. The SMILES string of the molecule is [2H]c1c([2H])c([2H])c(-c2ccc3oc4ccc(-c5ccc6ccc(-c7c8c([2H])c([2H])c([2H])c([2H])c8c(Cc8c([2H])c([2H])c9c([2H])c([2H])c([2H])c([2H])c9c8[2H])c8c([2H])c([2H])c([2H])c([2H])c78)cc6c5)cc4c3c2)c([2H])c1[2H]. The van der Waals surface area contributed by atoms with Gasteiger partial charge in [-0.25, -0.2) is 0 Å². The molecule has 1 heteroatoms. The van der Waals surface area contributed by atoms with E-state index in [0.717, 1.165) is 16.5 Å². The molecule has 0 aliphatic carbocycles. The van der Waals surface area contributed by atoms with Crippen LogP contribution in [-0.2, 0) is 6.42 Å². The molecule has 10 aromatic carbocycles. The lowest BCUT2D eigenvalue weighted by Gasteiger charge is -2.18. The minimum absolute atomic E-state index is 0.0485. The van der Waals surface area contributed by atoms with E-state index in [9.17, 15) is 6.85 Å². The van der Waals surface area contributed by atoms with Gasteiger partial charge >= 0.3 is 0 Å². The summed E-state index contributed by atoms with van der Waals surface area (Å²) in [6, 6.07) is 10.2. The predicted octanol–water partition coefficient (Wildman–Crippen LogP) is 14.8. The smallest absolute Gasteiger partial charge is 0.135 e. The fourth-order valence-electron chi connectivity index (χ4n) is 7.34. The number of hydrogen-bond donors (Lipinski definition) is 0. The van der Waals surface area contributed by atoms with Gasteiger partial charge in [0, 0.05) is 10.8 Å². The fourth-order valence-corrected chi connectivity index (χ4v) is 7.34. The molecule has 0 fully saturated rings. The lowest BCUT2D eigenvalue weighted by Crippen LogP contribution is -1.95. The lowest BCUT2D eigenvalue weighted by molar-refractivity contribution is 0.669. The van der Waals surface area contributed by atoms with Crippen LogP contribution in [0.5, 0.6) is 0 Å². The van der Waals surface area contributed by atoms with Crippen molar-refractivity contribution in [2.45, 2.75) is 6.42 Å². The topological polar surface area (TPSA) is 13.1 Å². The average Bonchev–Trinajstić information content (AvgIpc) is 3.79. The molecule has 0 N–H and O–H groups in total. The maximum atomic E-state index is 9.42. The summed E-state index contributed by atoms with van der Waals surface area (Å²) in [6.07, 6.45) is -0.605. The molecule has 0 aliphatic rings. The minimum Gasteiger partial charge on any atom is -0.456 e. The quantitative estimate of drug-likeness (QED) is 0.162. The number of hydrogen-bond acceptors (Lipinski definition) is 1. The van der Waals surface area contributed by atoms with E-state index < -0.39 is 115 Å². The number of furan rings is 1. The van der Waals surface area contributed by atoms with Gasteiger partial charge in [0.2, 0.25) is 0 Å². The summed E-state index contributed by atoms with van der Waals surface area (Å²) >= 11 is 0. The van der Waals surface area contributed by atoms with E-state index in [2.05, 4.69) is 0 Å². The van der Waals surface area contributed by atoms with Crippen molar-refractivity contribution >= 4 is 65.0 Å². The molecule has 0 saturated carbocycles. The van der Waals surface area contributed by atoms with Crippen LogP contribution in [0.2, 0.25) is 0 Å².